The summed E-state index contributed by atoms with van der Waals surface area (Å²) in [7, 11) is 3.95. The Hall–Kier alpha value is -4.61. The van der Waals surface area contributed by atoms with Crippen molar-refractivity contribution >= 4 is 38.8 Å². The lowest BCUT2D eigenvalue weighted by atomic mass is 10.1. The van der Waals surface area contributed by atoms with E-state index < -0.39 is 11.7 Å². The van der Waals surface area contributed by atoms with E-state index in [-0.39, 0.29) is 17.8 Å². The Bertz CT molecular complexity index is 1670. The minimum atomic E-state index is -0.579. The molecule has 0 saturated heterocycles. The molecular weight excluding hydrogens is 531 g/mol. The van der Waals surface area contributed by atoms with Crippen LogP contribution in [0.5, 0.6) is 5.75 Å². The summed E-state index contributed by atoms with van der Waals surface area (Å²) in [5.41, 5.74) is 1.03. The number of thiophene rings is 1. The first-order valence-electron chi connectivity index (χ1n) is 12.5. The Morgan fingerprint density at radius 1 is 1.10 bits per heavy atom. The van der Waals surface area contributed by atoms with Gasteiger partial charge in [-0.05, 0) is 68.0 Å². The van der Waals surface area contributed by atoms with Crippen LogP contribution >= 0.6 is 11.3 Å². The van der Waals surface area contributed by atoms with Crippen molar-refractivity contribution in [3.63, 3.8) is 0 Å². The molecule has 1 amide bonds. The topological polar surface area (TPSA) is 112 Å². The van der Waals surface area contributed by atoms with Gasteiger partial charge in [-0.1, -0.05) is 18.2 Å². The van der Waals surface area contributed by atoms with Crippen LogP contribution in [-0.4, -0.2) is 53.2 Å². The summed E-state index contributed by atoms with van der Waals surface area (Å²) in [6, 6.07) is 18.9. The van der Waals surface area contributed by atoms with E-state index in [9.17, 15) is 14.0 Å². The second kappa shape index (κ2) is 12.1. The highest BCUT2D eigenvalue weighted by Crippen LogP contribution is 2.28. The van der Waals surface area contributed by atoms with Crippen LogP contribution in [0.3, 0.4) is 0 Å². The molecule has 0 aliphatic carbocycles. The van der Waals surface area contributed by atoms with Gasteiger partial charge in [0.1, 0.15) is 24.0 Å². The molecule has 40 heavy (non-hydrogen) atoms. The number of ether oxygens (including phenoxy) is 1. The summed E-state index contributed by atoms with van der Waals surface area (Å²) < 4.78 is 21.3. The van der Waals surface area contributed by atoms with Crippen LogP contribution in [0.15, 0.2) is 77.7 Å². The maximum Gasteiger partial charge on any atom is 0.269 e. The molecule has 0 aliphatic heterocycles. The van der Waals surface area contributed by atoms with Gasteiger partial charge in [-0.25, -0.2) is 14.5 Å². The summed E-state index contributed by atoms with van der Waals surface area (Å²) in [5.74, 6) is 0.247. The third kappa shape index (κ3) is 6.50. The summed E-state index contributed by atoms with van der Waals surface area (Å²) in [6.07, 6.45) is 1.62. The standard InChI is InChI=1S/C29H27FN6O3S/c1-36(2)11-12-39-21-8-10-27(32-17-21)31-16-20-14-23(34-35-28(20)37)18-7-9-22(30)24(13-18)33-29(38)26-15-19-5-3-4-6-25(19)40-26/h3-10,13-15,17H,11-12,16H2,1-2H3,(H,31,32)(H,33,38)(H,35,37). The molecule has 0 radical (unpaired) electrons. The minimum absolute atomic E-state index is 0.0183. The van der Waals surface area contributed by atoms with Gasteiger partial charge >= 0.3 is 0 Å². The predicted octanol–water partition coefficient (Wildman–Crippen LogP) is 4.99. The number of nitrogens with zero attached hydrogens (tertiary/aromatic N) is 3. The molecule has 0 fully saturated rings. The van der Waals surface area contributed by atoms with Crippen LogP contribution in [0, 0.1) is 5.82 Å². The van der Waals surface area contributed by atoms with Crippen molar-refractivity contribution in [3.05, 3.63) is 99.5 Å². The first kappa shape index (κ1) is 27.0. The fourth-order valence-electron chi connectivity index (χ4n) is 3.89. The number of carbonyl (C=O) groups excluding carboxylic acids is 1. The number of carbonyl (C=O) groups is 1. The largest absolute Gasteiger partial charge is 0.491 e. The summed E-state index contributed by atoms with van der Waals surface area (Å²) in [5, 5.41) is 13.3. The van der Waals surface area contributed by atoms with E-state index in [1.165, 1.54) is 23.5 Å². The molecule has 3 heterocycles. The third-order valence-corrected chi connectivity index (χ3v) is 7.16. The van der Waals surface area contributed by atoms with E-state index in [4.69, 9.17) is 4.74 Å². The number of hydrogen-bond donors (Lipinski definition) is 3. The molecule has 204 valence electrons. The molecule has 3 N–H and O–H groups in total. The maximum atomic E-state index is 14.6. The molecule has 9 nitrogen and oxygen atoms in total. The van der Waals surface area contributed by atoms with E-state index in [0.717, 1.165) is 16.6 Å². The number of benzene rings is 2. The lowest BCUT2D eigenvalue weighted by molar-refractivity contribution is 0.103. The predicted molar refractivity (Wildman–Crippen MR) is 156 cm³/mol. The monoisotopic (exact) mass is 558 g/mol. The van der Waals surface area contributed by atoms with Crippen LogP contribution in [0.1, 0.15) is 15.2 Å². The van der Waals surface area contributed by atoms with Gasteiger partial charge in [0.15, 0.2) is 0 Å². The molecule has 0 saturated carbocycles. The van der Waals surface area contributed by atoms with Crippen molar-refractivity contribution < 1.29 is 13.9 Å². The van der Waals surface area contributed by atoms with E-state index in [1.54, 1.807) is 36.5 Å². The second-order valence-electron chi connectivity index (χ2n) is 9.29. The van der Waals surface area contributed by atoms with Gasteiger partial charge in [0.05, 0.1) is 22.5 Å². The lowest BCUT2D eigenvalue weighted by Crippen LogP contribution is -2.19. The lowest BCUT2D eigenvalue weighted by Gasteiger charge is -2.11. The van der Waals surface area contributed by atoms with Gasteiger partial charge in [-0.3, -0.25) is 9.59 Å². The number of fused-ring (bicyclic) bond motifs is 1. The molecule has 0 unspecified atom stereocenters. The highest BCUT2D eigenvalue weighted by atomic mass is 32.1. The zero-order chi connectivity index (χ0) is 28.1. The van der Waals surface area contributed by atoms with Crippen LogP contribution in [0.25, 0.3) is 21.3 Å². The highest BCUT2D eigenvalue weighted by Gasteiger charge is 2.15. The van der Waals surface area contributed by atoms with Crippen LogP contribution in [-0.2, 0) is 6.54 Å². The maximum absolute atomic E-state index is 14.6. The number of nitrogens with one attached hydrogen (secondary N) is 3. The van der Waals surface area contributed by atoms with Gasteiger partial charge in [0, 0.05) is 28.9 Å². The first-order chi connectivity index (χ1) is 19.4. The Kier molecular flexibility index (Phi) is 8.13. The molecule has 11 heteroatoms. The fourth-order valence-corrected chi connectivity index (χ4v) is 4.84. The van der Waals surface area contributed by atoms with Gasteiger partial charge in [-0.15, -0.1) is 11.3 Å². The third-order valence-electron chi connectivity index (χ3n) is 6.04. The van der Waals surface area contributed by atoms with Crippen molar-refractivity contribution in [2.75, 3.05) is 37.9 Å². The minimum Gasteiger partial charge on any atom is -0.491 e. The quantitative estimate of drug-likeness (QED) is 0.221. The average molecular weight is 559 g/mol. The Morgan fingerprint density at radius 2 is 1.95 bits per heavy atom. The van der Waals surface area contributed by atoms with Gasteiger partial charge in [0.2, 0.25) is 0 Å². The Morgan fingerprint density at radius 3 is 2.73 bits per heavy atom. The van der Waals surface area contributed by atoms with E-state index in [0.29, 0.717) is 39.9 Å². The Balaban J connectivity index is 1.27. The van der Waals surface area contributed by atoms with Gasteiger partial charge in [0.25, 0.3) is 11.5 Å². The molecule has 2 aromatic carbocycles. The highest BCUT2D eigenvalue weighted by molar-refractivity contribution is 7.20. The van der Waals surface area contributed by atoms with Crippen LogP contribution in [0.2, 0.25) is 0 Å². The number of aromatic nitrogens is 3. The number of likely N-dealkylation sites (N-methyl/N-ethyl adjacent to an activating group) is 1. The van der Waals surface area contributed by atoms with Crippen molar-refractivity contribution in [2.45, 2.75) is 6.54 Å². The number of hydrogen-bond acceptors (Lipinski definition) is 8. The van der Waals surface area contributed by atoms with Crippen molar-refractivity contribution in [2.24, 2.45) is 0 Å². The van der Waals surface area contributed by atoms with Gasteiger partial charge < -0.3 is 20.3 Å². The van der Waals surface area contributed by atoms with Crippen molar-refractivity contribution in [1.82, 2.24) is 20.1 Å². The average Bonchev–Trinajstić information content (AvgIpc) is 3.39. The number of anilines is 2. The number of pyridine rings is 1. The summed E-state index contributed by atoms with van der Waals surface area (Å²) in [6.45, 7) is 1.53. The molecule has 0 bridgehead atoms. The number of H-pyrrole nitrogens is 1. The number of amides is 1. The molecule has 0 aliphatic rings. The van der Waals surface area contributed by atoms with E-state index in [1.807, 2.05) is 43.3 Å². The molecule has 0 atom stereocenters. The Labute approximate surface area is 233 Å². The molecule has 0 spiro atoms. The zero-order valence-electron chi connectivity index (χ0n) is 21.9. The molecule has 3 aromatic heterocycles. The summed E-state index contributed by atoms with van der Waals surface area (Å²) >= 11 is 1.34. The molecule has 5 rings (SSSR count). The fraction of sp³-hybridized carbons (Fsp3) is 0.172. The van der Waals surface area contributed by atoms with Gasteiger partial charge in [-0.2, -0.15) is 5.10 Å². The number of rotatable bonds is 10. The molecule has 5 aromatic rings. The molecular formula is C29H27FN6O3S. The second-order valence-corrected chi connectivity index (χ2v) is 10.4. The van der Waals surface area contributed by atoms with Crippen molar-refractivity contribution in [1.29, 1.82) is 0 Å². The SMILES string of the molecule is CN(C)CCOc1ccc(NCc2cc(-c3ccc(F)c(NC(=O)c4cc5ccccc5s4)c3)n[nH]c2=O)nc1. The van der Waals surface area contributed by atoms with E-state index in [2.05, 4.69) is 25.8 Å². The van der Waals surface area contributed by atoms with Crippen LogP contribution < -0.4 is 20.9 Å². The summed E-state index contributed by atoms with van der Waals surface area (Å²) in [4.78, 5) is 32.1. The number of halogens is 1. The smallest absolute Gasteiger partial charge is 0.269 e. The number of aromatic amines is 1. The first-order valence-corrected chi connectivity index (χ1v) is 13.3. The van der Waals surface area contributed by atoms with Crippen LogP contribution in [0.4, 0.5) is 15.9 Å². The van der Waals surface area contributed by atoms with E-state index >= 15 is 0 Å². The zero-order valence-corrected chi connectivity index (χ0v) is 22.7. The van der Waals surface area contributed by atoms with Crippen molar-refractivity contribution in [3.8, 4) is 17.0 Å². The normalized spacial score (nSPS) is 11.1.